The van der Waals surface area contributed by atoms with Crippen molar-refractivity contribution < 1.29 is 13.9 Å². The van der Waals surface area contributed by atoms with Crippen molar-refractivity contribution in [3.8, 4) is 11.1 Å². The van der Waals surface area contributed by atoms with E-state index >= 15 is 0 Å². The number of nitrogens with zero attached hydrogens (tertiary/aromatic N) is 2. The third-order valence-electron chi connectivity index (χ3n) is 4.96. The summed E-state index contributed by atoms with van der Waals surface area (Å²) in [5.74, 6) is 0.779. The van der Waals surface area contributed by atoms with Crippen LogP contribution in [0.15, 0.2) is 51.7 Å². The highest BCUT2D eigenvalue weighted by atomic mass is 32.1. The van der Waals surface area contributed by atoms with E-state index in [1.54, 1.807) is 16.7 Å². The van der Waals surface area contributed by atoms with E-state index in [4.69, 9.17) is 14.1 Å². The lowest BCUT2D eigenvalue weighted by Gasteiger charge is -2.14. The van der Waals surface area contributed by atoms with E-state index in [-0.39, 0.29) is 23.8 Å². The van der Waals surface area contributed by atoms with E-state index < -0.39 is 5.97 Å². The Morgan fingerprint density at radius 2 is 1.93 bits per heavy atom. The van der Waals surface area contributed by atoms with E-state index in [1.165, 1.54) is 18.4 Å². The second kappa shape index (κ2) is 7.91. The van der Waals surface area contributed by atoms with Crippen LogP contribution in [-0.2, 0) is 11.3 Å². The van der Waals surface area contributed by atoms with Gasteiger partial charge in [-0.1, -0.05) is 44.2 Å². The van der Waals surface area contributed by atoms with Crippen LogP contribution in [0.3, 0.4) is 0 Å². The van der Waals surface area contributed by atoms with Gasteiger partial charge < -0.3 is 9.15 Å². The Balaban J connectivity index is 1.91. The Morgan fingerprint density at radius 1 is 1.20 bits per heavy atom. The molecule has 0 saturated carbocycles. The van der Waals surface area contributed by atoms with Gasteiger partial charge in [0.1, 0.15) is 16.4 Å². The fourth-order valence-corrected chi connectivity index (χ4v) is 4.63. The van der Waals surface area contributed by atoms with Gasteiger partial charge in [0.25, 0.3) is 5.56 Å². The van der Waals surface area contributed by atoms with E-state index in [0.29, 0.717) is 17.0 Å². The summed E-state index contributed by atoms with van der Waals surface area (Å²) in [6, 6.07) is 13.1. The van der Waals surface area contributed by atoms with Gasteiger partial charge in [-0.15, -0.1) is 11.3 Å². The fraction of sp³-hybridized carbons (Fsp3) is 0.261. The van der Waals surface area contributed by atoms with E-state index in [9.17, 15) is 9.59 Å². The molecule has 3 aromatic heterocycles. The molecule has 0 N–H and O–H groups in total. The summed E-state index contributed by atoms with van der Waals surface area (Å²) >= 11 is 1.54. The molecule has 0 saturated heterocycles. The number of rotatable bonds is 5. The number of fused-ring (bicyclic) bond motifs is 1. The summed E-state index contributed by atoms with van der Waals surface area (Å²) < 4.78 is 11.9. The van der Waals surface area contributed by atoms with Crippen molar-refractivity contribution in [3.05, 3.63) is 75.0 Å². The van der Waals surface area contributed by atoms with Gasteiger partial charge in [0, 0.05) is 16.4 Å². The monoisotopic (exact) mass is 422 g/mol. The lowest BCUT2D eigenvalue weighted by molar-refractivity contribution is 0.0563. The molecule has 0 unspecified atom stereocenters. The number of carbonyl (C=O) groups is 1. The van der Waals surface area contributed by atoms with Gasteiger partial charge in [0.2, 0.25) is 5.76 Å². The number of thiophene rings is 1. The topological polar surface area (TPSA) is 74.3 Å². The zero-order chi connectivity index (χ0) is 21.4. The maximum Gasteiger partial charge on any atom is 0.373 e. The molecule has 30 heavy (non-hydrogen) atoms. The van der Waals surface area contributed by atoms with Crippen LogP contribution in [0.25, 0.3) is 21.3 Å². The van der Waals surface area contributed by atoms with E-state index in [1.807, 2.05) is 51.1 Å². The predicted octanol–water partition coefficient (Wildman–Crippen LogP) is 4.98. The van der Waals surface area contributed by atoms with Crippen molar-refractivity contribution in [3.63, 3.8) is 0 Å². The molecule has 154 valence electrons. The third kappa shape index (κ3) is 3.45. The van der Waals surface area contributed by atoms with Gasteiger partial charge >= 0.3 is 5.97 Å². The highest BCUT2D eigenvalue weighted by Crippen LogP contribution is 2.36. The number of carbonyl (C=O) groups excluding carboxylic acids is 1. The molecule has 3 heterocycles. The molecule has 0 aliphatic heterocycles. The van der Waals surface area contributed by atoms with Crippen molar-refractivity contribution >= 4 is 27.5 Å². The largest absolute Gasteiger partial charge is 0.463 e. The molecule has 7 heteroatoms. The fourth-order valence-electron chi connectivity index (χ4n) is 3.59. The molecule has 4 aromatic rings. The number of aromatic nitrogens is 2. The Morgan fingerprint density at radius 3 is 2.60 bits per heavy atom. The first-order chi connectivity index (χ1) is 14.4. The van der Waals surface area contributed by atoms with Crippen molar-refractivity contribution in [2.45, 2.75) is 33.2 Å². The number of furan rings is 1. The van der Waals surface area contributed by atoms with Crippen LogP contribution < -0.4 is 5.56 Å². The minimum Gasteiger partial charge on any atom is -0.463 e. The van der Waals surface area contributed by atoms with Crippen molar-refractivity contribution in [2.24, 2.45) is 0 Å². The second-order valence-corrected chi connectivity index (χ2v) is 8.56. The van der Waals surface area contributed by atoms with E-state index in [2.05, 4.69) is 0 Å². The standard InChI is InChI=1S/C23H22N2O4S/c1-13(2)20-24-21-19(18(14(3)30-21)15-8-6-5-7-9-15)22(26)25(20)12-16-10-11-17(29-16)23(27)28-4/h5-11,13H,12H2,1-4H3. The maximum atomic E-state index is 13.7. The first-order valence-corrected chi connectivity index (χ1v) is 10.5. The zero-order valence-electron chi connectivity index (χ0n) is 17.3. The van der Waals surface area contributed by atoms with Crippen molar-refractivity contribution in [1.29, 1.82) is 0 Å². The van der Waals surface area contributed by atoms with Gasteiger partial charge in [0.15, 0.2) is 0 Å². The number of ether oxygens (including phenoxy) is 1. The Kier molecular flexibility index (Phi) is 5.30. The number of methoxy groups -OCH3 is 1. The van der Waals surface area contributed by atoms with Crippen LogP contribution in [0.5, 0.6) is 0 Å². The SMILES string of the molecule is COC(=O)c1ccc(Cn2c(C(C)C)nc3sc(C)c(-c4ccccc4)c3c2=O)o1. The average molecular weight is 423 g/mol. The summed E-state index contributed by atoms with van der Waals surface area (Å²) in [5, 5.41) is 0.618. The molecular formula is C23H22N2O4S. The molecule has 0 fully saturated rings. The molecule has 0 atom stereocenters. The number of esters is 1. The minimum atomic E-state index is -0.550. The maximum absolute atomic E-state index is 13.7. The molecule has 0 spiro atoms. The summed E-state index contributed by atoms with van der Waals surface area (Å²) in [4.78, 5) is 32.0. The van der Waals surface area contributed by atoms with Crippen LogP contribution >= 0.6 is 11.3 Å². The zero-order valence-corrected chi connectivity index (χ0v) is 18.1. The summed E-state index contributed by atoms with van der Waals surface area (Å²) in [5.41, 5.74) is 1.81. The minimum absolute atomic E-state index is 0.0414. The molecule has 0 bridgehead atoms. The van der Waals surface area contributed by atoms with Gasteiger partial charge in [0.05, 0.1) is 19.0 Å². The van der Waals surface area contributed by atoms with Crippen LogP contribution in [0.2, 0.25) is 0 Å². The van der Waals surface area contributed by atoms with E-state index in [0.717, 1.165) is 20.8 Å². The summed E-state index contributed by atoms with van der Waals surface area (Å²) in [6.45, 7) is 6.22. The second-order valence-electron chi connectivity index (χ2n) is 7.35. The highest BCUT2D eigenvalue weighted by Gasteiger charge is 2.22. The van der Waals surface area contributed by atoms with Crippen LogP contribution in [0.4, 0.5) is 0 Å². The molecule has 0 amide bonds. The molecule has 0 aliphatic carbocycles. The Bertz CT molecular complexity index is 1280. The smallest absolute Gasteiger partial charge is 0.373 e. The van der Waals surface area contributed by atoms with Crippen LogP contribution in [-0.4, -0.2) is 22.6 Å². The van der Waals surface area contributed by atoms with Crippen LogP contribution in [0, 0.1) is 6.92 Å². The lowest BCUT2D eigenvalue weighted by Crippen LogP contribution is -2.26. The summed E-state index contributed by atoms with van der Waals surface area (Å²) in [7, 11) is 1.30. The molecular weight excluding hydrogens is 400 g/mol. The number of hydrogen-bond donors (Lipinski definition) is 0. The van der Waals surface area contributed by atoms with Gasteiger partial charge in [-0.25, -0.2) is 9.78 Å². The number of hydrogen-bond acceptors (Lipinski definition) is 6. The lowest BCUT2D eigenvalue weighted by atomic mass is 10.0. The van der Waals surface area contributed by atoms with Gasteiger partial charge in [-0.05, 0) is 24.6 Å². The predicted molar refractivity (Wildman–Crippen MR) is 117 cm³/mol. The normalized spacial score (nSPS) is 11.4. The molecule has 0 radical (unpaired) electrons. The molecule has 0 aliphatic rings. The molecule has 1 aromatic carbocycles. The Labute approximate surface area is 177 Å². The first-order valence-electron chi connectivity index (χ1n) is 9.67. The highest BCUT2D eigenvalue weighted by molar-refractivity contribution is 7.19. The van der Waals surface area contributed by atoms with Crippen molar-refractivity contribution in [1.82, 2.24) is 9.55 Å². The van der Waals surface area contributed by atoms with Crippen molar-refractivity contribution in [2.75, 3.05) is 7.11 Å². The quantitative estimate of drug-likeness (QED) is 0.424. The average Bonchev–Trinajstić information content (AvgIpc) is 3.33. The number of aryl methyl sites for hydroxylation is 1. The first kappa shape index (κ1) is 20.1. The Hall–Kier alpha value is -3.19. The number of benzene rings is 1. The van der Waals surface area contributed by atoms with Gasteiger partial charge in [-0.2, -0.15) is 0 Å². The molecule has 4 rings (SSSR count). The van der Waals surface area contributed by atoms with Gasteiger partial charge in [-0.3, -0.25) is 9.36 Å². The summed E-state index contributed by atoms with van der Waals surface area (Å²) in [6.07, 6.45) is 0. The van der Waals surface area contributed by atoms with Crippen LogP contribution in [0.1, 0.15) is 46.8 Å². The molecule has 6 nitrogen and oxygen atoms in total. The third-order valence-corrected chi connectivity index (χ3v) is 5.96.